The third-order valence-electron chi connectivity index (χ3n) is 4.46. The molecule has 0 spiro atoms. The van der Waals surface area contributed by atoms with Crippen LogP contribution in [0.5, 0.6) is 11.5 Å². The third kappa shape index (κ3) is 4.72. The molecule has 1 saturated heterocycles. The molecule has 0 radical (unpaired) electrons. The number of hydrogen-bond acceptors (Lipinski definition) is 9. The summed E-state index contributed by atoms with van der Waals surface area (Å²) < 4.78 is 17.9. The lowest BCUT2D eigenvalue weighted by Gasteiger charge is -2.26. The fourth-order valence-electron chi connectivity index (χ4n) is 3.03. The Labute approximate surface area is 172 Å². The highest BCUT2D eigenvalue weighted by Gasteiger charge is 2.14. The zero-order valence-electron chi connectivity index (χ0n) is 15.7. The molecule has 0 bridgehead atoms. The minimum atomic E-state index is 0.630. The highest BCUT2D eigenvalue weighted by Crippen LogP contribution is 2.37. The summed E-state index contributed by atoms with van der Waals surface area (Å²) in [5.41, 5.74) is 0.832. The van der Waals surface area contributed by atoms with Gasteiger partial charge in [-0.15, -0.1) is 11.3 Å². The summed E-state index contributed by atoms with van der Waals surface area (Å²) in [6.07, 6.45) is 4.32. The smallest absolute Gasteiger partial charge is 0.163 e. The predicted octanol–water partition coefficient (Wildman–Crippen LogP) is 3.35. The predicted molar refractivity (Wildman–Crippen MR) is 110 cm³/mol. The van der Waals surface area contributed by atoms with Crippen LogP contribution in [0.1, 0.15) is 6.42 Å². The second-order valence-electron chi connectivity index (χ2n) is 6.26. The van der Waals surface area contributed by atoms with Crippen LogP contribution >= 0.6 is 23.1 Å². The Kier molecular flexibility index (Phi) is 6.58. The van der Waals surface area contributed by atoms with Gasteiger partial charge in [0.15, 0.2) is 15.8 Å². The van der Waals surface area contributed by atoms with Gasteiger partial charge in [0.05, 0.1) is 32.4 Å². The topological polar surface area (TPSA) is 69.6 Å². The molecule has 4 rings (SSSR count). The van der Waals surface area contributed by atoms with Crippen molar-refractivity contribution in [2.75, 3.05) is 46.6 Å². The SMILES string of the molecule is COc1cc2c(Sc3nccs3)ncnc2cc1OCCCN1CCOCC1. The monoisotopic (exact) mass is 418 g/mol. The summed E-state index contributed by atoms with van der Waals surface area (Å²) >= 11 is 3.12. The summed E-state index contributed by atoms with van der Waals surface area (Å²) in [4.78, 5) is 15.6. The molecule has 1 aliphatic heterocycles. The van der Waals surface area contributed by atoms with Crippen molar-refractivity contribution in [2.24, 2.45) is 0 Å². The number of morpholine rings is 1. The van der Waals surface area contributed by atoms with Gasteiger partial charge < -0.3 is 14.2 Å². The van der Waals surface area contributed by atoms with Crippen LogP contribution in [0.3, 0.4) is 0 Å². The van der Waals surface area contributed by atoms with Crippen LogP contribution in [0, 0.1) is 0 Å². The highest BCUT2D eigenvalue weighted by atomic mass is 32.2. The van der Waals surface area contributed by atoms with E-state index in [1.54, 1.807) is 31.0 Å². The molecule has 3 aromatic rings. The first-order valence-corrected chi connectivity index (χ1v) is 10.9. The molecule has 0 amide bonds. The molecule has 0 N–H and O–H groups in total. The van der Waals surface area contributed by atoms with Crippen molar-refractivity contribution in [3.63, 3.8) is 0 Å². The number of thiazole rings is 1. The van der Waals surface area contributed by atoms with E-state index in [0.29, 0.717) is 18.1 Å². The summed E-state index contributed by atoms with van der Waals surface area (Å²) in [6, 6.07) is 3.87. The Balaban J connectivity index is 1.46. The largest absolute Gasteiger partial charge is 0.493 e. The average Bonchev–Trinajstić information content (AvgIpc) is 3.25. The summed E-state index contributed by atoms with van der Waals surface area (Å²) in [5.74, 6) is 1.40. The highest BCUT2D eigenvalue weighted by molar-refractivity contribution is 8.01. The zero-order valence-corrected chi connectivity index (χ0v) is 17.3. The van der Waals surface area contributed by atoms with Gasteiger partial charge in [-0.25, -0.2) is 15.0 Å². The van der Waals surface area contributed by atoms with Crippen molar-refractivity contribution in [1.82, 2.24) is 19.9 Å². The molecule has 0 aliphatic carbocycles. The standard InChI is InChI=1S/C19H22N4O3S2/c1-24-16-11-14-15(21-13-22-18(14)28-19-20-3-10-27-19)12-17(16)26-7-2-4-23-5-8-25-9-6-23/h3,10-13H,2,4-9H2,1H3. The number of nitrogens with zero attached hydrogens (tertiary/aromatic N) is 4. The van der Waals surface area contributed by atoms with Gasteiger partial charge in [0.2, 0.25) is 0 Å². The molecule has 7 nitrogen and oxygen atoms in total. The zero-order chi connectivity index (χ0) is 19.2. The van der Waals surface area contributed by atoms with Gasteiger partial charge in [0, 0.05) is 42.7 Å². The number of fused-ring (bicyclic) bond motifs is 1. The number of rotatable bonds is 8. The van der Waals surface area contributed by atoms with Crippen molar-refractivity contribution >= 4 is 34.0 Å². The lowest BCUT2D eigenvalue weighted by Crippen LogP contribution is -2.37. The average molecular weight is 419 g/mol. The maximum atomic E-state index is 6.01. The van der Waals surface area contributed by atoms with Gasteiger partial charge in [-0.05, 0) is 24.2 Å². The van der Waals surface area contributed by atoms with Gasteiger partial charge in [0.1, 0.15) is 11.4 Å². The number of ether oxygens (including phenoxy) is 3. The molecular weight excluding hydrogens is 396 g/mol. The third-order valence-corrected chi connectivity index (χ3v) is 6.36. The van der Waals surface area contributed by atoms with Gasteiger partial charge in [-0.2, -0.15) is 0 Å². The number of hydrogen-bond donors (Lipinski definition) is 0. The lowest BCUT2D eigenvalue weighted by atomic mass is 10.2. The summed E-state index contributed by atoms with van der Waals surface area (Å²) in [7, 11) is 1.65. The first-order valence-electron chi connectivity index (χ1n) is 9.16. The van der Waals surface area contributed by atoms with Crippen LogP contribution in [-0.4, -0.2) is 66.4 Å². The molecule has 2 aromatic heterocycles. The van der Waals surface area contributed by atoms with E-state index < -0.39 is 0 Å². The van der Waals surface area contributed by atoms with Gasteiger partial charge in [-0.1, -0.05) is 0 Å². The Morgan fingerprint density at radius 3 is 2.86 bits per heavy atom. The maximum Gasteiger partial charge on any atom is 0.163 e. The van der Waals surface area contributed by atoms with Crippen LogP contribution in [-0.2, 0) is 4.74 Å². The van der Waals surface area contributed by atoms with Crippen LogP contribution in [0.2, 0.25) is 0 Å². The van der Waals surface area contributed by atoms with E-state index in [4.69, 9.17) is 14.2 Å². The Morgan fingerprint density at radius 2 is 2.07 bits per heavy atom. The molecule has 1 fully saturated rings. The fourth-order valence-corrected chi connectivity index (χ4v) is 4.64. The second-order valence-corrected chi connectivity index (χ2v) is 8.39. The van der Waals surface area contributed by atoms with Crippen molar-refractivity contribution in [1.29, 1.82) is 0 Å². The molecule has 0 atom stereocenters. The number of aromatic nitrogens is 3. The first kappa shape index (κ1) is 19.4. The normalized spacial score (nSPS) is 15.0. The van der Waals surface area contributed by atoms with Crippen molar-refractivity contribution in [2.45, 2.75) is 15.8 Å². The Hall–Kier alpha value is -1.94. The molecule has 148 valence electrons. The molecule has 0 unspecified atom stereocenters. The van der Waals surface area contributed by atoms with Crippen molar-refractivity contribution in [3.05, 3.63) is 30.0 Å². The maximum absolute atomic E-state index is 6.01. The van der Waals surface area contributed by atoms with Crippen molar-refractivity contribution < 1.29 is 14.2 Å². The molecule has 28 heavy (non-hydrogen) atoms. The Morgan fingerprint density at radius 1 is 1.18 bits per heavy atom. The van der Waals surface area contributed by atoms with Crippen LogP contribution in [0.25, 0.3) is 10.9 Å². The van der Waals surface area contributed by atoms with Gasteiger partial charge in [-0.3, -0.25) is 4.90 Å². The first-order chi connectivity index (χ1) is 13.8. The van der Waals surface area contributed by atoms with Crippen LogP contribution in [0.15, 0.2) is 39.4 Å². The second kappa shape index (κ2) is 9.51. The molecule has 3 heterocycles. The Bertz CT molecular complexity index is 902. The van der Waals surface area contributed by atoms with E-state index in [-0.39, 0.29) is 0 Å². The van der Waals surface area contributed by atoms with Gasteiger partial charge in [0.25, 0.3) is 0 Å². The lowest BCUT2D eigenvalue weighted by molar-refractivity contribution is 0.0357. The van der Waals surface area contributed by atoms with Crippen LogP contribution < -0.4 is 9.47 Å². The van der Waals surface area contributed by atoms with Crippen LogP contribution in [0.4, 0.5) is 0 Å². The molecule has 9 heteroatoms. The van der Waals surface area contributed by atoms with E-state index in [1.165, 1.54) is 11.8 Å². The molecule has 1 aromatic carbocycles. The summed E-state index contributed by atoms with van der Waals surface area (Å²) in [5, 5.41) is 3.74. The van der Waals surface area contributed by atoms with E-state index in [9.17, 15) is 0 Å². The van der Waals surface area contributed by atoms with E-state index in [2.05, 4.69) is 19.9 Å². The number of benzene rings is 1. The van der Waals surface area contributed by atoms with E-state index >= 15 is 0 Å². The van der Waals surface area contributed by atoms with E-state index in [1.807, 2.05) is 17.5 Å². The van der Waals surface area contributed by atoms with Crippen molar-refractivity contribution in [3.8, 4) is 11.5 Å². The van der Waals surface area contributed by atoms with Gasteiger partial charge >= 0.3 is 0 Å². The van der Waals surface area contributed by atoms with E-state index in [0.717, 1.165) is 59.5 Å². The minimum Gasteiger partial charge on any atom is -0.493 e. The summed E-state index contributed by atoms with van der Waals surface area (Å²) in [6.45, 7) is 5.27. The fraction of sp³-hybridized carbons (Fsp3) is 0.421. The quantitative estimate of drug-likeness (QED) is 0.407. The molecular formula is C19H22N4O3S2. The molecule has 0 saturated carbocycles. The minimum absolute atomic E-state index is 0.630. The molecule has 1 aliphatic rings. The number of methoxy groups -OCH3 is 1.